The van der Waals surface area contributed by atoms with Crippen LogP contribution in [0.2, 0.25) is 0 Å². The Morgan fingerprint density at radius 2 is 1.79 bits per heavy atom. The SMILES string of the molecule is CC1NC(=O)C(C(C)C)NC(=O)CCc2ccc(cn2)-c2cccc(c2)C(C)OC(=O)C2CCCN(N2)C1=O. The molecule has 1 fully saturated rings. The van der Waals surface area contributed by atoms with Gasteiger partial charge in [0.05, 0.1) is 0 Å². The lowest BCUT2D eigenvalue weighted by Gasteiger charge is -2.35. The first-order chi connectivity index (χ1) is 18.6. The normalized spacial score (nSPS) is 25.3. The summed E-state index contributed by atoms with van der Waals surface area (Å²) in [5, 5.41) is 6.91. The number of aromatic nitrogens is 1. The fraction of sp³-hybridized carbons (Fsp3) is 0.483. The van der Waals surface area contributed by atoms with Crippen LogP contribution in [0, 0.1) is 5.92 Å². The van der Waals surface area contributed by atoms with Crippen molar-refractivity contribution in [1.29, 1.82) is 0 Å². The predicted octanol–water partition coefficient (Wildman–Crippen LogP) is 2.44. The Bertz CT molecular complexity index is 1210. The molecule has 3 N–H and O–H groups in total. The van der Waals surface area contributed by atoms with E-state index in [2.05, 4.69) is 21.0 Å². The van der Waals surface area contributed by atoms with E-state index in [4.69, 9.17) is 4.74 Å². The summed E-state index contributed by atoms with van der Waals surface area (Å²) in [4.78, 5) is 56.4. The smallest absolute Gasteiger partial charge is 0.325 e. The third-order valence-corrected chi connectivity index (χ3v) is 7.15. The largest absolute Gasteiger partial charge is 0.457 e. The highest BCUT2D eigenvalue weighted by Gasteiger charge is 2.33. The Morgan fingerprint density at radius 3 is 2.51 bits per heavy atom. The van der Waals surface area contributed by atoms with Gasteiger partial charge in [0.25, 0.3) is 5.91 Å². The van der Waals surface area contributed by atoms with Gasteiger partial charge in [0.2, 0.25) is 11.8 Å². The lowest BCUT2D eigenvalue weighted by Crippen LogP contribution is -2.61. The van der Waals surface area contributed by atoms with Crippen LogP contribution in [0.4, 0.5) is 0 Å². The number of hydrazine groups is 1. The van der Waals surface area contributed by atoms with Crippen molar-refractivity contribution in [2.24, 2.45) is 5.92 Å². The minimum atomic E-state index is -0.861. The van der Waals surface area contributed by atoms with E-state index in [1.807, 2.05) is 57.2 Å². The van der Waals surface area contributed by atoms with Crippen LogP contribution in [0.5, 0.6) is 0 Å². The number of esters is 1. The third kappa shape index (κ3) is 7.00. The first-order valence-electron chi connectivity index (χ1n) is 13.6. The summed E-state index contributed by atoms with van der Waals surface area (Å²) < 4.78 is 5.78. The Kier molecular flexibility index (Phi) is 8.96. The van der Waals surface area contributed by atoms with Gasteiger partial charge in [-0.1, -0.05) is 38.1 Å². The van der Waals surface area contributed by atoms with E-state index in [1.54, 1.807) is 13.1 Å². The summed E-state index contributed by atoms with van der Waals surface area (Å²) in [5.41, 5.74) is 6.41. The molecule has 10 nitrogen and oxygen atoms in total. The number of amides is 3. The van der Waals surface area contributed by atoms with E-state index < -0.39 is 36.1 Å². The molecule has 1 saturated heterocycles. The zero-order valence-corrected chi connectivity index (χ0v) is 22.9. The highest BCUT2D eigenvalue weighted by Crippen LogP contribution is 2.26. The molecule has 0 spiro atoms. The van der Waals surface area contributed by atoms with Gasteiger partial charge in [0.15, 0.2) is 0 Å². The number of aryl methyl sites for hydroxylation is 1. The third-order valence-electron chi connectivity index (χ3n) is 7.15. The van der Waals surface area contributed by atoms with Gasteiger partial charge >= 0.3 is 5.97 Å². The maximum Gasteiger partial charge on any atom is 0.325 e. The maximum absolute atomic E-state index is 13.1. The van der Waals surface area contributed by atoms with E-state index in [1.165, 1.54) is 5.01 Å². The molecular formula is C29H37N5O5. The quantitative estimate of drug-likeness (QED) is 0.478. The highest BCUT2D eigenvalue weighted by molar-refractivity contribution is 5.92. The van der Waals surface area contributed by atoms with Crippen LogP contribution in [0.1, 0.15) is 64.3 Å². The molecule has 208 valence electrons. The lowest BCUT2D eigenvalue weighted by molar-refractivity contribution is -0.157. The summed E-state index contributed by atoms with van der Waals surface area (Å²) in [6.07, 6.45) is 2.99. The van der Waals surface area contributed by atoms with Crippen molar-refractivity contribution in [1.82, 2.24) is 26.1 Å². The van der Waals surface area contributed by atoms with Crippen molar-refractivity contribution in [3.05, 3.63) is 53.9 Å². The number of hydrogen-bond acceptors (Lipinski definition) is 7. The van der Waals surface area contributed by atoms with Crippen molar-refractivity contribution < 1.29 is 23.9 Å². The zero-order chi connectivity index (χ0) is 28.1. The van der Waals surface area contributed by atoms with Gasteiger partial charge in [-0.3, -0.25) is 29.2 Å². The number of nitrogens with one attached hydrogen (secondary N) is 3. The number of carbonyl (C=O) groups is 4. The van der Waals surface area contributed by atoms with Crippen LogP contribution >= 0.6 is 0 Å². The number of hydrogen-bond donors (Lipinski definition) is 3. The Morgan fingerprint density at radius 1 is 1.00 bits per heavy atom. The number of fused-ring (bicyclic) bond motifs is 12. The summed E-state index contributed by atoms with van der Waals surface area (Å²) in [6, 6.07) is 9.22. The molecule has 5 rings (SSSR count). The molecule has 6 bridgehead atoms. The molecule has 10 heteroatoms. The number of benzene rings is 1. The van der Waals surface area contributed by atoms with Gasteiger partial charge in [-0.05, 0) is 62.3 Å². The molecule has 1 aromatic heterocycles. The lowest BCUT2D eigenvalue weighted by atomic mass is 10.0. The summed E-state index contributed by atoms with van der Waals surface area (Å²) in [5.74, 6) is -1.71. The predicted molar refractivity (Wildman–Crippen MR) is 145 cm³/mol. The zero-order valence-electron chi connectivity index (χ0n) is 22.9. The Labute approximate surface area is 228 Å². The molecule has 0 aliphatic carbocycles. The second-order valence-electron chi connectivity index (χ2n) is 10.6. The highest BCUT2D eigenvalue weighted by atomic mass is 16.5. The van der Waals surface area contributed by atoms with Gasteiger partial charge in [0, 0.05) is 30.4 Å². The van der Waals surface area contributed by atoms with E-state index in [0.29, 0.717) is 25.8 Å². The van der Waals surface area contributed by atoms with E-state index in [-0.39, 0.29) is 24.2 Å². The molecular weight excluding hydrogens is 498 g/mol. The molecule has 39 heavy (non-hydrogen) atoms. The summed E-state index contributed by atoms with van der Waals surface area (Å²) in [6.45, 7) is 7.47. The van der Waals surface area contributed by atoms with Gasteiger partial charge < -0.3 is 15.4 Å². The molecule has 0 saturated carbocycles. The van der Waals surface area contributed by atoms with Crippen molar-refractivity contribution in [2.45, 2.75) is 77.6 Å². The molecule has 1 aromatic carbocycles. The average molecular weight is 536 g/mol. The van der Waals surface area contributed by atoms with Crippen LogP contribution in [0.15, 0.2) is 42.6 Å². The van der Waals surface area contributed by atoms with E-state index >= 15 is 0 Å². The molecule has 4 unspecified atom stereocenters. The van der Waals surface area contributed by atoms with E-state index in [0.717, 1.165) is 22.4 Å². The molecule has 3 amide bonds. The van der Waals surface area contributed by atoms with Gasteiger partial charge in [-0.15, -0.1) is 0 Å². The molecule has 4 heterocycles. The molecule has 3 aliphatic heterocycles. The average Bonchev–Trinajstić information content (AvgIpc) is 2.94. The first kappa shape index (κ1) is 28.2. The number of carbonyl (C=O) groups excluding carboxylic acids is 4. The number of ether oxygens (including phenoxy) is 1. The maximum atomic E-state index is 13.1. The Balaban J connectivity index is 1.61. The van der Waals surface area contributed by atoms with Gasteiger partial charge in [-0.25, -0.2) is 5.43 Å². The van der Waals surface area contributed by atoms with Crippen molar-refractivity contribution >= 4 is 23.7 Å². The first-order valence-corrected chi connectivity index (χ1v) is 13.6. The second-order valence-corrected chi connectivity index (χ2v) is 10.6. The molecule has 0 radical (unpaired) electrons. The number of rotatable bonds is 1. The van der Waals surface area contributed by atoms with Crippen LogP contribution in [-0.2, 0) is 30.3 Å². The van der Waals surface area contributed by atoms with Crippen LogP contribution in [-0.4, -0.2) is 58.4 Å². The van der Waals surface area contributed by atoms with Crippen molar-refractivity contribution in [2.75, 3.05) is 6.54 Å². The molecule has 3 aliphatic rings. The summed E-state index contributed by atoms with van der Waals surface area (Å²) in [7, 11) is 0. The van der Waals surface area contributed by atoms with Crippen molar-refractivity contribution in [3.8, 4) is 11.1 Å². The minimum Gasteiger partial charge on any atom is -0.457 e. The fourth-order valence-electron chi connectivity index (χ4n) is 4.77. The van der Waals surface area contributed by atoms with Crippen LogP contribution in [0.3, 0.4) is 0 Å². The second kappa shape index (κ2) is 12.4. The van der Waals surface area contributed by atoms with E-state index in [9.17, 15) is 19.2 Å². The van der Waals surface area contributed by atoms with Crippen molar-refractivity contribution in [3.63, 3.8) is 0 Å². The monoisotopic (exact) mass is 535 g/mol. The van der Waals surface area contributed by atoms with Crippen LogP contribution < -0.4 is 16.1 Å². The topological polar surface area (TPSA) is 130 Å². The minimum absolute atomic E-state index is 0.175. The molecule has 2 aromatic rings. The summed E-state index contributed by atoms with van der Waals surface area (Å²) >= 11 is 0. The number of pyridine rings is 1. The van der Waals surface area contributed by atoms with Gasteiger partial charge in [0.1, 0.15) is 24.2 Å². The molecule has 4 atom stereocenters. The van der Waals surface area contributed by atoms with Crippen LogP contribution in [0.25, 0.3) is 11.1 Å². The number of nitrogens with zero attached hydrogens (tertiary/aromatic N) is 2. The fourth-order valence-corrected chi connectivity index (χ4v) is 4.77. The standard InChI is InChI=1S/C29H37N5O5/c1-17(2)26-27(36)31-18(3)28(37)34-14-6-9-24(33-34)29(38)39-19(4)20-7-5-8-21(15-20)22-10-11-23(30-16-22)12-13-25(35)32-26/h5,7-8,10-11,15-19,24,26,33H,6,9,12-14H2,1-4H3,(H,31,36)(H,32,35). The Hall–Kier alpha value is -3.79. The van der Waals surface area contributed by atoms with Gasteiger partial charge in [-0.2, -0.15) is 0 Å².